The van der Waals surface area contributed by atoms with Crippen molar-refractivity contribution < 1.29 is 19.7 Å². The lowest BCUT2D eigenvalue weighted by Crippen LogP contribution is -2.05. The van der Waals surface area contributed by atoms with Gasteiger partial charge in [0.25, 0.3) is 0 Å². The second kappa shape index (κ2) is 6.12. The Morgan fingerprint density at radius 3 is 2.75 bits per heavy atom. The molecule has 0 aliphatic carbocycles. The van der Waals surface area contributed by atoms with Gasteiger partial charge in [-0.3, -0.25) is 0 Å². The standard InChI is InChI=1S/C12H16O4/c1-9-4-5-11(10(8-9)12(14)15)16-7-3-2-6-13/h4-5,8,13H,2-3,6-7H2,1H3,(H,14,15). The molecule has 0 unspecified atom stereocenters. The van der Waals surface area contributed by atoms with Crippen molar-refractivity contribution in [1.82, 2.24) is 0 Å². The van der Waals surface area contributed by atoms with Crippen molar-refractivity contribution in [2.75, 3.05) is 13.2 Å². The summed E-state index contributed by atoms with van der Waals surface area (Å²) in [5.74, 6) is -0.600. The van der Waals surface area contributed by atoms with Gasteiger partial charge in [0.1, 0.15) is 11.3 Å². The second-order valence-electron chi connectivity index (χ2n) is 3.58. The summed E-state index contributed by atoms with van der Waals surface area (Å²) in [5, 5.41) is 17.6. The van der Waals surface area contributed by atoms with Gasteiger partial charge in [-0.25, -0.2) is 4.79 Å². The number of carboxylic acids is 1. The predicted molar refractivity (Wildman–Crippen MR) is 60.0 cm³/mol. The third-order valence-electron chi connectivity index (χ3n) is 2.18. The molecule has 4 nitrogen and oxygen atoms in total. The normalized spacial score (nSPS) is 10.1. The Bertz CT molecular complexity index is 360. The zero-order valence-electron chi connectivity index (χ0n) is 9.27. The molecule has 1 aromatic carbocycles. The molecule has 0 aromatic heterocycles. The van der Waals surface area contributed by atoms with Crippen LogP contribution in [0.2, 0.25) is 0 Å². The lowest BCUT2D eigenvalue weighted by Gasteiger charge is -2.09. The summed E-state index contributed by atoms with van der Waals surface area (Å²) in [5.41, 5.74) is 1.07. The van der Waals surface area contributed by atoms with Crippen LogP contribution in [0.5, 0.6) is 5.75 Å². The maximum atomic E-state index is 10.9. The first-order valence-electron chi connectivity index (χ1n) is 5.22. The number of unbranched alkanes of at least 4 members (excludes halogenated alkanes) is 1. The molecule has 0 atom stereocenters. The Morgan fingerprint density at radius 1 is 1.38 bits per heavy atom. The van der Waals surface area contributed by atoms with E-state index in [-0.39, 0.29) is 12.2 Å². The minimum Gasteiger partial charge on any atom is -0.493 e. The molecule has 0 bridgehead atoms. The molecule has 0 fully saturated rings. The van der Waals surface area contributed by atoms with E-state index in [1.165, 1.54) is 0 Å². The number of aromatic carboxylic acids is 1. The van der Waals surface area contributed by atoms with Crippen molar-refractivity contribution in [2.45, 2.75) is 19.8 Å². The van der Waals surface area contributed by atoms with Crippen LogP contribution in [0.3, 0.4) is 0 Å². The molecule has 0 spiro atoms. The summed E-state index contributed by atoms with van der Waals surface area (Å²) in [6.45, 7) is 2.38. The van der Waals surface area contributed by atoms with Gasteiger partial charge in [-0.2, -0.15) is 0 Å². The van der Waals surface area contributed by atoms with Crippen LogP contribution >= 0.6 is 0 Å². The molecule has 0 aliphatic heterocycles. The molecule has 0 saturated carbocycles. The van der Waals surface area contributed by atoms with Crippen LogP contribution in [-0.4, -0.2) is 29.4 Å². The summed E-state index contributed by atoms with van der Waals surface area (Å²) in [4.78, 5) is 10.9. The Balaban J connectivity index is 2.67. The topological polar surface area (TPSA) is 66.8 Å². The lowest BCUT2D eigenvalue weighted by atomic mass is 10.1. The lowest BCUT2D eigenvalue weighted by molar-refractivity contribution is 0.0692. The number of aliphatic hydroxyl groups excluding tert-OH is 1. The maximum absolute atomic E-state index is 10.9. The van der Waals surface area contributed by atoms with E-state index in [0.29, 0.717) is 25.2 Å². The first kappa shape index (κ1) is 12.5. The van der Waals surface area contributed by atoms with Crippen molar-refractivity contribution in [3.8, 4) is 5.75 Å². The highest BCUT2D eigenvalue weighted by molar-refractivity contribution is 5.91. The van der Waals surface area contributed by atoms with Crippen molar-refractivity contribution in [1.29, 1.82) is 0 Å². The van der Waals surface area contributed by atoms with Gasteiger partial charge in [-0.05, 0) is 31.9 Å². The molecule has 1 aromatic rings. The molecule has 0 aliphatic rings. The van der Waals surface area contributed by atoms with Gasteiger partial charge in [0, 0.05) is 6.61 Å². The van der Waals surface area contributed by atoms with Crippen molar-refractivity contribution in [2.24, 2.45) is 0 Å². The zero-order valence-corrected chi connectivity index (χ0v) is 9.27. The quantitative estimate of drug-likeness (QED) is 0.723. The van der Waals surface area contributed by atoms with E-state index >= 15 is 0 Å². The maximum Gasteiger partial charge on any atom is 0.339 e. The predicted octanol–water partition coefficient (Wildman–Crippen LogP) is 1.84. The molecule has 0 amide bonds. The van der Waals surface area contributed by atoms with Gasteiger partial charge in [0.05, 0.1) is 6.61 Å². The Kier molecular flexibility index (Phi) is 4.79. The van der Waals surface area contributed by atoms with E-state index < -0.39 is 5.97 Å². The summed E-state index contributed by atoms with van der Waals surface area (Å²) < 4.78 is 5.36. The van der Waals surface area contributed by atoms with Gasteiger partial charge in [-0.15, -0.1) is 0 Å². The minimum atomic E-state index is -0.985. The number of benzene rings is 1. The van der Waals surface area contributed by atoms with Crippen molar-refractivity contribution >= 4 is 5.97 Å². The fourth-order valence-electron chi connectivity index (χ4n) is 1.33. The Hall–Kier alpha value is -1.55. The number of carbonyl (C=O) groups is 1. The van der Waals surface area contributed by atoms with Gasteiger partial charge in [0.2, 0.25) is 0 Å². The number of rotatable bonds is 6. The Labute approximate surface area is 94.5 Å². The minimum absolute atomic E-state index is 0.128. The highest BCUT2D eigenvalue weighted by Gasteiger charge is 2.10. The number of aryl methyl sites for hydroxylation is 1. The molecule has 16 heavy (non-hydrogen) atoms. The summed E-state index contributed by atoms with van der Waals surface area (Å²) >= 11 is 0. The van der Waals surface area contributed by atoms with E-state index in [1.54, 1.807) is 12.1 Å². The highest BCUT2D eigenvalue weighted by Crippen LogP contribution is 2.20. The average Bonchev–Trinajstić information content (AvgIpc) is 2.26. The smallest absolute Gasteiger partial charge is 0.339 e. The molecule has 88 valence electrons. The molecule has 4 heteroatoms. The van der Waals surface area contributed by atoms with Crippen LogP contribution in [-0.2, 0) is 0 Å². The van der Waals surface area contributed by atoms with Gasteiger partial charge in [-0.1, -0.05) is 11.6 Å². The summed E-state index contributed by atoms with van der Waals surface area (Å²) in [7, 11) is 0. The molecule has 0 heterocycles. The molecule has 0 radical (unpaired) electrons. The third kappa shape index (κ3) is 3.55. The largest absolute Gasteiger partial charge is 0.493 e. The third-order valence-corrected chi connectivity index (χ3v) is 2.18. The van der Waals surface area contributed by atoms with Gasteiger partial charge >= 0.3 is 5.97 Å². The average molecular weight is 224 g/mol. The molecule has 1 rings (SSSR count). The number of hydrogen-bond acceptors (Lipinski definition) is 3. The first-order chi connectivity index (χ1) is 7.65. The van der Waals surface area contributed by atoms with Crippen LogP contribution in [0.15, 0.2) is 18.2 Å². The van der Waals surface area contributed by atoms with Crippen LogP contribution in [0.4, 0.5) is 0 Å². The van der Waals surface area contributed by atoms with E-state index in [1.807, 2.05) is 13.0 Å². The fraction of sp³-hybridized carbons (Fsp3) is 0.417. The Morgan fingerprint density at radius 2 is 2.12 bits per heavy atom. The van der Waals surface area contributed by atoms with E-state index in [0.717, 1.165) is 5.56 Å². The van der Waals surface area contributed by atoms with Gasteiger partial charge in [0.15, 0.2) is 0 Å². The molecule has 2 N–H and O–H groups in total. The van der Waals surface area contributed by atoms with Crippen molar-refractivity contribution in [3.05, 3.63) is 29.3 Å². The number of ether oxygens (including phenoxy) is 1. The number of aliphatic hydroxyl groups is 1. The number of carboxylic acid groups (broad SMARTS) is 1. The van der Waals surface area contributed by atoms with Crippen LogP contribution in [0, 0.1) is 6.92 Å². The van der Waals surface area contributed by atoms with Crippen LogP contribution in [0.25, 0.3) is 0 Å². The van der Waals surface area contributed by atoms with E-state index in [9.17, 15) is 4.79 Å². The zero-order chi connectivity index (χ0) is 12.0. The first-order valence-corrected chi connectivity index (χ1v) is 5.22. The van der Waals surface area contributed by atoms with Crippen LogP contribution in [0.1, 0.15) is 28.8 Å². The van der Waals surface area contributed by atoms with E-state index in [4.69, 9.17) is 14.9 Å². The monoisotopic (exact) mass is 224 g/mol. The van der Waals surface area contributed by atoms with Crippen molar-refractivity contribution in [3.63, 3.8) is 0 Å². The molecular formula is C12H16O4. The molecular weight excluding hydrogens is 208 g/mol. The summed E-state index contributed by atoms with van der Waals surface area (Å²) in [6, 6.07) is 5.06. The van der Waals surface area contributed by atoms with E-state index in [2.05, 4.69) is 0 Å². The van der Waals surface area contributed by atoms with Gasteiger partial charge < -0.3 is 14.9 Å². The van der Waals surface area contributed by atoms with Crippen LogP contribution < -0.4 is 4.74 Å². The second-order valence-corrected chi connectivity index (χ2v) is 3.58. The molecule has 0 saturated heterocycles. The fourth-order valence-corrected chi connectivity index (χ4v) is 1.33. The highest BCUT2D eigenvalue weighted by atomic mass is 16.5. The SMILES string of the molecule is Cc1ccc(OCCCCO)c(C(=O)O)c1. The number of hydrogen-bond donors (Lipinski definition) is 2. The summed E-state index contributed by atoms with van der Waals surface area (Å²) in [6.07, 6.45) is 1.37.